The average molecular weight is 404 g/mol. The first-order valence-corrected chi connectivity index (χ1v) is 9.17. The quantitative estimate of drug-likeness (QED) is 0.685. The van der Waals surface area contributed by atoms with Crippen LogP contribution in [-0.4, -0.2) is 24.6 Å². The second kappa shape index (κ2) is 6.52. The van der Waals surface area contributed by atoms with Crippen LogP contribution in [0.2, 0.25) is 0 Å². The van der Waals surface area contributed by atoms with E-state index in [2.05, 4.69) is 34.8 Å². The number of esters is 1. The molecule has 0 bridgehead atoms. The van der Waals surface area contributed by atoms with Crippen molar-refractivity contribution in [2.24, 2.45) is 16.3 Å². The fourth-order valence-electron chi connectivity index (χ4n) is 3.91. The van der Waals surface area contributed by atoms with Gasteiger partial charge in [-0.1, -0.05) is 41.9 Å². The van der Waals surface area contributed by atoms with E-state index in [1.807, 2.05) is 31.2 Å². The van der Waals surface area contributed by atoms with Crippen molar-refractivity contribution in [3.05, 3.63) is 45.6 Å². The summed E-state index contributed by atoms with van der Waals surface area (Å²) in [6.45, 7) is 6.02. The lowest BCUT2D eigenvalue weighted by molar-refractivity contribution is -0.143. The lowest BCUT2D eigenvalue weighted by Crippen LogP contribution is -2.39. The highest BCUT2D eigenvalue weighted by Gasteiger charge is 2.45. The Kier molecular flexibility index (Phi) is 4.71. The predicted octanol–water partition coefficient (Wildman–Crippen LogP) is 4.44. The number of nitrogens with zero attached hydrogens (tertiary/aromatic N) is 1. The molecule has 2 aliphatic rings. The Morgan fingerprint density at radius 2 is 1.88 bits per heavy atom. The molecule has 0 aromatic heterocycles. The number of rotatable bonds is 2. The van der Waals surface area contributed by atoms with Crippen LogP contribution in [0.15, 0.2) is 45.0 Å². The lowest BCUT2D eigenvalue weighted by Gasteiger charge is -2.38. The third-order valence-corrected chi connectivity index (χ3v) is 5.52. The first kappa shape index (κ1) is 18.1. The number of halogens is 1. The molecule has 3 rings (SSSR count). The zero-order valence-electron chi connectivity index (χ0n) is 14.9. The summed E-state index contributed by atoms with van der Waals surface area (Å²) in [5, 5.41) is 0. The topological polar surface area (TPSA) is 55.7 Å². The summed E-state index contributed by atoms with van der Waals surface area (Å²) in [6, 6.07) is 7.78. The highest BCUT2D eigenvalue weighted by atomic mass is 79.9. The van der Waals surface area contributed by atoms with Crippen molar-refractivity contribution < 1.29 is 14.3 Å². The number of hydrogen-bond donors (Lipinski definition) is 0. The molecule has 1 aliphatic carbocycles. The Hall–Kier alpha value is -1.75. The Labute approximate surface area is 156 Å². The molecule has 2 atom stereocenters. The number of ether oxygens (including phenoxy) is 1. The van der Waals surface area contributed by atoms with Crippen LogP contribution in [0.4, 0.5) is 0 Å². The molecular weight excluding hydrogens is 382 g/mol. The number of aliphatic imine (C=N–C) groups is 1. The van der Waals surface area contributed by atoms with Gasteiger partial charge in [-0.05, 0) is 36.5 Å². The fraction of sp³-hybridized carbons (Fsp3) is 0.450. The van der Waals surface area contributed by atoms with E-state index in [-0.39, 0.29) is 23.1 Å². The molecule has 132 valence electrons. The molecule has 5 heteroatoms. The van der Waals surface area contributed by atoms with Crippen molar-refractivity contribution in [2.45, 2.75) is 39.5 Å². The van der Waals surface area contributed by atoms with Crippen molar-refractivity contribution in [1.82, 2.24) is 0 Å². The van der Waals surface area contributed by atoms with Crippen LogP contribution in [0.5, 0.6) is 0 Å². The zero-order valence-corrected chi connectivity index (χ0v) is 16.5. The second-order valence-electron chi connectivity index (χ2n) is 7.58. The Morgan fingerprint density at radius 1 is 1.24 bits per heavy atom. The molecule has 1 unspecified atom stereocenters. The summed E-state index contributed by atoms with van der Waals surface area (Å²) in [5.41, 5.74) is 3.05. The van der Waals surface area contributed by atoms with Gasteiger partial charge in [0.1, 0.15) is 5.92 Å². The van der Waals surface area contributed by atoms with Crippen molar-refractivity contribution in [1.29, 1.82) is 0 Å². The van der Waals surface area contributed by atoms with Gasteiger partial charge in [0.15, 0.2) is 5.78 Å². The molecule has 1 aromatic carbocycles. The Morgan fingerprint density at radius 3 is 2.48 bits per heavy atom. The Balaban J connectivity index is 2.18. The van der Waals surface area contributed by atoms with E-state index in [1.165, 1.54) is 7.11 Å². The molecule has 0 saturated heterocycles. The maximum Gasteiger partial charge on any atom is 0.315 e. The van der Waals surface area contributed by atoms with Crippen LogP contribution in [-0.2, 0) is 14.3 Å². The smallest absolute Gasteiger partial charge is 0.315 e. The van der Waals surface area contributed by atoms with Crippen molar-refractivity contribution in [3.8, 4) is 0 Å². The zero-order chi connectivity index (χ0) is 18.4. The van der Waals surface area contributed by atoms with Gasteiger partial charge in [-0.3, -0.25) is 14.6 Å². The maximum atomic E-state index is 13.0. The van der Waals surface area contributed by atoms with Crippen molar-refractivity contribution >= 4 is 33.4 Å². The largest absolute Gasteiger partial charge is 0.468 e. The fourth-order valence-corrected chi connectivity index (χ4v) is 4.17. The van der Waals surface area contributed by atoms with E-state index >= 15 is 0 Å². The third kappa shape index (κ3) is 3.34. The van der Waals surface area contributed by atoms with Gasteiger partial charge in [0, 0.05) is 33.8 Å². The highest BCUT2D eigenvalue weighted by molar-refractivity contribution is 9.10. The molecule has 0 amide bonds. The number of Topliss-reactive ketones (excluding diaryl/α,β-unsaturated/α-hetero) is 1. The van der Waals surface area contributed by atoms with E-state index in [0.29, 0.717) is 17.7 Å². The number of carbonyl (C=O) groups is 2. The summed E-state index contributed by atoms with van der Waals surface area (Å²) >= 11 is 3.44. The highest BCUT2D eigenvalue weighted by Crippen LogP contribution is 2.47. The lowest BCUT2D eigenvalue weighted by atomic mass is 9.67. The molecule has 0 N–H and O–H groups in total. The van der Waals surface area contributed by atoms with Gasteiger partial charge in [-0.25, -0.2) is 0 Å². The molecule has 0 saturated carbocycles. The first-order chi connectivity index (χ1) is 11.7. The minimum atomic E-state index is -0.560. The standard InChI is InChI=1S/C20H22BrNO3/c1-11-16(19(24)25-4)17(12-5-7-13(21)8-6-12)18-14(22-11)9-20(2,3)10-15(18)23/h5-8,16-17H,9-10H2,1-4H3/t16?,17-/m0/s1. The van der Waals surface area contributed by atoms with Gasteiger partial charge in [0.25, 0.3) is 0 Å². The number of allylic oxidation sites excluding steroid dienone is 2. The summed E-state index contributed by atoms with van der Waals surface area (Å²) in [4.78, 5) is 30.1. The monoisotopic (exact) mass is 403 g/mol. The summed E-state index contributed by atoms with van der Waals surface area (Å²) in [6.07, 6.45) is 1.22. The molecule has 4 nitrogen and oxygen atoms in total. The number of methoxy groups -OCH3 is 1. The molecule has 0 radical (unpaired) electrons. The molecule has 25 heavy (non-hydrogen) atoms. The normalized spacial score (nSPS) is 25.3. The first-order valence-electron chi connectivity index (χ1n) is 8.38. The van der Waals surface area contributed by atoms with Crippen LogP contribution >= 0.6 is 15.9 Å². The van der Waals surface area contributed by atoms with Gasteiger partial charge in [-0.2, -0.15) is 0 Å². The van der Waals surface area contributed by atoms with Gasteiger partial charge in [0.05, 0.1) is 7.11 Å². The predicted molar refractivity (Wildman–Crippen MR) is 101 cm³/mol. The van der Waals surface area contributed by atoms with Crippen LogP contribution in [0.25, 0.3) is 0 Å². The second-order valence-corrected chi connectivity index (χ2v) is 8.50. The van der Waals surface area contributed by atoms with E-state index in [1.54, 1.807) is 0 Å². The number of benzene rings is 1. The molecular formula is C20H22BrNO3. The summed E-state index contributed by atoms with van der Waals surface area (Å²) in [5.74, 6) is -1.16. The van der Waals surface area contributed by atoms with Crippen LogP contribution < -0.4 is 0 Å². The van der Waals surface area contributed by atoms with Crippen LogP contribution in [0.3, 0.4) is 0 Å². The van der Waals surface area contributed by atoms with Crippen LogP contribution in [0.1, 0.15) is 45.1 Å². The van der Waals surface area contributed by atoms with Gasteiger partial charge in [-0.15, -0.1) is 0 Å². The van der Waals surface area contributed by atoms with Crippen molar-refractivity contribution in [3.63, 3.8) is 0 Å². The molecule has 1 aromatic rings. The van der Waals surface area contributed by atoms with E-state index in [9.17, 15) is 9.59 Å². The Bertz CT molecular complexity index is 790. The number of hydrogen-bond acceptors (Lipinski definition) is 4. The van der Waals surface area contributed by atoms with Crippen molar-refractivity contribution in [2.75, 3.05) is 7.11 Å². The average Bonchev–Trinajstić information content (AvgIpc) is 2.52. The third-order valence-electron chi connectivity index (χ3n) is 4.99. The number of carbonyl (C=O) groups excluding carboxylic acids is 2. The molecule has 1 aliphatic heterocycles. The minimum Gasteiger partial charge on any atom is -0.468 e. The summed E-state index contributed by atoms with van der Waals surface area (Å²) in [7, 11) is 1.38. The van der Waals surface area contributed by atoms with Gasteiger partial charge < -0.3 is 4.74 Å². The van der Waals surface area contributed by atoms with E-state index < -0.39 is 5.92 Å². The molecule has 0 fully saturated rings. The minimum absolute atomic E-state index is 0.0873. The van der Waals surface area contributed by atoms with E-state index in [4.69, 9.17) is 4.74 Å². The number of ketones is 1. The molecule has 0 spiro atoms. The summed E-state index contributed by atoms with van der Waals surface area (Å²) < 4.78 is 5.98. The SMILES string of the molecule is COC(=O)C1C(C)=NC2=C(C(=O)CC(C)(C)C2)[C@H]1c1ccc(Br)cc1. The maximum absolute atomic E-state index is 13.0. The van der Waals surface area contributed by atoms with Gasteiger partial charge >= 0.3 is 5.97 Å². The van der Waals surface area contributed by atoms with E-state index in [0.717, 1.165) is 22.2 Å². The molecule has 1 heterocycles. The van der Waals surface area contributed by atoms with Gasteiger partial charge in [0.2, 0.25) is 0 Å². The van der Waals surface area contributed by atoms with Crippen LogP contribution in [0, 0.1) is 11.3 Å².